The lowest BCUT2D eigenvalue weighted by atomic mass is 10.1. The van der Waals surface area contributed by atoms with Gasteiger partial charge in [0.2, 0.25) is 5.91 Å². The quantitative estimate of drug-likeness (QED) is 0.0842. The largest absolute Gasteiger partial charge is 0.858 e. The van der Waals surface area contributed by atoms with Crippen molar-refractivity contribution in [3.8, 4) is 0 Å². The first-order valence-electron chi connectivity index (χ1n) is 16.8. The van der Waals surface area contributed by atoms with Crippen molar-refractivity contribution in [2.45, 2.75) is 45.1 Å². The molecule has 2 aliphatic rings. The van der Waals surface area contributed by atoms with E-state index in [0.717, 1.165) is 76.3 Å². The highest BCUT2D eigenvalue weighted by Crippen LogP contribution is 2.25. The SMILES string of the molecule is C/C([O-])=N\[N+]1(CC(O)c2ccccc2)CCCCC1.O=C(Cc1ccccc1)N/C(=C/c1ccco1)C(=O)NCCCN1CCOCC1. The highest BCUT2D eigenvalue weighted by molar-refractivity contribution is 6.01. The molecule has 2 saturated heterocycles. The molecule has 3 aromatic rings. The molecule has 0 saturated carbocycles. The van der Waals surface area contributed by atoms with Crippen molar-refractivity contribution in [1.29, 1.82) is 0 Å². The number of hydrogen-bond donors (Lipinski definition) is 3. The first-order valence-corrected chi connectivity index (χ1v) is 16.8. The Morgan fingerprint density at radius 3 is 2.33 bits per heavy atom. The third-order valence-electron chi connectivity index (χ3n) is 8.30. The molecule has 2 fully saturated rings. The Hall–Kier alpha value is -4.29. The lowest BCUT2D eigenvalue weighted by molar-refractivity contribution is -0.943. The van der Waals surface area contributed by atoms with Crippen LogP contribution in [-0.2, 0) is 20.7 Å². The van der Waals surface area contributed by atoms with Crippen molar-refractivity contribution in [2.24, 2.45) is 5.10 Å². The van der Waals surface area contributed by atoms with Crippen LogP contribution in [-0.4, -0.2) is 91.3 Å². The van der Waals surface area contributed by atoms with Gasteiger partial charge in [0, 0.05) is 31.6 Å². The summed E-state index contributed by atoms with van der Waals surface area (Å²) < 4.78 is 11.0. The molecule has 3 heterocycles. The molecule has 2 aromatic carbocycles. The number of rotatable bonds is 13. The molecule has 1 aromatic heterocycles. The van der Waals surface area contributed by atoms with Gasteiger partial charge in [-0.25, -0.2) is 0 Å². The fourth-order valence-corrected chi connectivity index (χ4v) is 5.90. The van der Waals surface area contributed by atoms with Gasteiger partial charge in [0.25, 0.3) is 5.91 Å². The van der Waals surface area contributed by atoms with Crippen LogP contribution in [0.5, 0.6) is 0 Å². The molecule has 0 radical (unpaired) electrons. The third kappa shape index (κ3) is 12.7. The van der Waals surface area contributed by atoms with Crippen LogP contribution in [0.3, 0.4) is 0 Å². The zero-order chi connectivity index (χ0) is 34.0. The number of likely N-dealkylation sites (tertiary alicyclic amines) is 1. The van der Waals surface area contributed by atoms with Gasteiger partial charge in [-0.1, -0.05) is 60.7 Å². The number of carbonyl (C=O) groups is 2. The van der Waals surface area contributed by atoms with E-state index in [1.54, 1.807) is 18.2 Å². The molecule has 11 nitrogen and oxygen atoms in total. The number of aliphatic hydroxyl groups excluding tert-OH is 1. The van der Waals surface area contributed by atoms with Gasteiger partial charge in [0.05, 0.1) is 25.9 Å². The minimum absolute atomic E-state index is 0.151. The summed E-state index contributed by atoms with van der Waals surface area (Å²) in [6.45, 7) is 8.48. The van der Waals surface area contributed by atoms with E-state index in [1.807, 2.05) is 60.7 Å². The van der Waals surface area contributed by atoms with Gasteiger partial charge < -0.3 is 30.0 Å². The van der Waals surface area contributed by atoms with Crippen LogP contribution in [0.4, 0.5) is 0 Å². The summed E-state index contributed by atoms with van der Waals surface area (Å²) in [5.74, 6) is -0.229. The Kier molecular flexibility index (Phi) is 14.9. The molecule has 0 aliphatic carbocycles. The first kappa shape index (κ1) is 36.5. The normalized spacial score (nSPS) is 17.5. The monoisotopic (exact) mass is 659 g/mol. The zero-order valence-electron chi connectivity index (χ0n) is 27.9. The van der Waals surface area contributed by atoms with E-state index in [2.05, 4.69) is 20.6 Å². The molecule has 1 atom stereocenters. The summed E-state index contributed by atoms with van der Waals surface area (Å²) in [5.41, 5.74) is 1.95. The summed E-state index contributed by atoms with van der Waals surface area (Å²) in [5, 5.41) is 31.6. The van der Waals surface area contributed by atoms with Crippen LogP contribution in [0.2, 0.25) is 0 Å². The van der Waals surface area contributed by atoms with Crippen molar-refractivity contribution in [3.63, 3.8) is 0 Å². The molecule has 2 aliphatic heterocycles. The van der Waals surface area contributed by atoms with E-state index in [1.165, 1.54) is 19.6 Å². The highest BCUT2D eigenvalue weighted by Gasteiger charge is 2.33. The van der Waals surface area contributed by atoms with Crippen molar-refractivity contribution in [1.82, 2.24) is 15.5 Å². The number of hydrogen-bond acceptors (Lipinski definition) is 8. The Bertz CT molecular complexity index is 1430. The van der Waals surface area contributed by atoms with E-state index >= 15 is 0 Å². The maximum absolute atomic E-state index is 12.6. The summed E-state index contributed by atoms with van der Waals surface area (Å²) in [6.07, 6.45) is 6.85. The number of amides is 2. The number of ether oxygens (including phenoxy) is 1. The fourth-order valence-electron chi connectivity index (χ4n) is 5.90. The average Bonchev–Trinajstić information content (AvgIpc) is 3.61. The minimum atomic E-state index is -0.567. The van der Waals surface area contributed by atoms with Crippen LogP contribution < -0.4 is 15.7 Å². The van der Waals surface area contributed by atoms with Gasteiger partial charge in [0.1, 0.15) is 37.2 Å². The van der Waals surface area contributed by atoms with Gasteiger partial charge in [-0.2, -0.15) is 4.59 Å². The molecule has 0 spiro atoms. The smallest absolute Gasteiger partial charge is 0.267 e. The van der Waals surface area contributed by atoms with E-state index in [4.69, 9.17) is 9.15 Å². The van der Waals surface area contributed by atoms with Gasteiger partial charge in [-0.3, -0.25) is 14.5 Å². The van der Waals surface area contributed by atoms with E-state index in [9.17, 15) is 19.8 Å². The number of aliphatic hydroxyl groups is 1. The molecule has 1 unspecified atom stereocenters. The number of piperidine rings is 1. The van der Waals surface area contributed by atoms with Crippen LogP contribution in [0.1, 0.15) is 55.6 Å². The molecular formula is C37H49N5O6. The molecule has 11 heteroatoms. The number of carbonyl (C=O) groups excluding carboxylic acids is 2. The second-order valence-corrected chi connectivity index (χ2v) is 12.2. The molecule has 0 bridgehead atoms. The lowest BCUT2D eigenvalue weighted by Crippen LogP contribution is -2.50. The Balaban J connectivity index is 0.000000237. The predicted molar refractivity (Wildman–Crippen MR) is 183 cm³/mol. The maximum atomic E-state index is 12.6. The number of benzene rings is 2. The Morgan fingerprint density at radius 2 is 1.69 bits per heavy atom. The fraction of sp³-hybridized carbons (Fsp3) is 0.432. The van der Waals surface area contributed by atoms with Crippen molar-refractivity contribution in [3.05, 3.63) is 102 Å². The molecule has 258 valence electrons. The molecule has 5 rings (SSSR count). The van der Waals surface area contributed by atoms with Crippen LogP contribution in [0.15, 0.2) is 94.3 Å². The van der Waals surface area contributed by atoms with Crippen molar-refractivity contribution < 1.29 is 33.5 Å². The Morgan fingerprint density at radius 1 is 1.00 bits per heavy atom. The first-order chi connectivity index (χ1) is 23.3. The van der Waals surface area contributed by atoms with Gasteiger partial charge >= 0.3 is 0 Å². The van der Waals surface area contributed by atoms with Gasteiger partial charge in [0.15, 0.2) is 0 Å². The number of nitrogens with one attached hydrogen (secondary N) is 2. The minimum Gasteiger partial charge on any atom is -0.858 e. The predicted octanol–water partition coefficient (Wildman–Crippen LogP) is 3.23. The number of quaternary nitrogens is 1. The average molecular weight is 660 g/mol. The summed E-state index contributed by atoms with van der Waals surface area (Å²) in [7, 11) is 0. The summed E-state index contributed by atoms with van der Waals surface area (Å²) >= 11 is 0. The van der Waals surface area contributed by atoms with E-state index in [0.29, 0.717) is 23.4 Å². The number of morpholine rings is 1. The molecular weight excluding hydrogens is 610 g/mol. The standard InChI is InChI=1S/C22H27N3O4.C15H22N2O2/c26-21(16-18-6-2-1-3-7-18)24-20(17-19-8-4-13-29-19)22(27)23-9-5-10-25-11-14-28-15-12-25;1-13(18)16-17(10-6-3-7-11-17)12-15(19)14-8-4-2-5-9-14/h1-4,6-8,13,17H,5,9-12,14-16H2,(H,23,27)(H,24,26);2,4-5,8-9,15,19H,3,6-7,10-12H2,1H3/b20-17+;. The molecule has 2 amide bonds. The van der Waals surface area contributed by atoms with Crippen molar-refractivity contribution >= 4 is 23.8 Å². The topological polar surface area (TPSA) is 139 Å². The summed E-state index contributed by atoms with van der Waals surface area (Å²) in [6, 6.07) is 22.5. The maximum Gasteiger partial charge on any atom is 0.267 e. The van der Waals surface area contributed by atoms with E-state index < -0.39 is 6.10 Å². The summed E-state index contributed by atoms with van der Waals surface area (Å²) in [4.78, 5) is 27.4. The van der Waals surface area contributed by atoms with Crippen molar-refractivity contribution in [2.75, 3.05) is 59.0 Å². The van der Waals surface area contributed by atoms with E-state index in [-0.39, 0.29) is 29.8 Å². The lowest BCUT2D eigenvalue weighted by Gasteiger charge is -2.38. The third-order valence-corrected chi connectivity index (χ3v) is 8.30. The number of nitrogens with zero attached hydrogens (tertiary/aromatic N) is 3. The van der Waals surface area contributed by atoms with Crippen LogP contribution in [0, 0.1) is 0 Å². The van der Waals surface area contributed by atoms with Crippen LogP contribution in [0.25, 0.3) is 6.08 Å². The zero-order valence-corrected chi connectivity index (χ0v) is 27.9. The Labute approximate surface area is 283 Å². The molecule has 3 N–H and O–H groups in total. The number of furan rings is 1. The molecule has 48 heavy (non-hydrogen) atoms. The second-order valence-electron chi connectivity index (χ2n) is 12.2. The second kappa shape index (κ2) is 19.5. The van der Waals surface area contributed by atoms with Gasteiger partial charge in [-0.05, 0) is 62.4 Å². The van der Waals surface area contributed by atoms with Gasteiger partial charge in [-0.15, -0.1) is 5.10 Å². The van der Waals surface area contributed by atoms with Crippen LogP contribution >= 0.6 is 0 Å². The highest BCUT2D eigenvalue weighted by atomic mass is 16.5.